The zero-order valence-electron chi connectivity index (χ0n) is 13.9. The molecular formula is C17H15BrF3N5O. The smallest absolute Gasteiger partial charge is 0.338 e. The Kier molecular flexibility index (Phi) is 5.64. The summed E-state index contributed by atoms with van der Waals surface area (Å²) in [6, 6.07) is 9.64. The molecule has 0 unspecified atom stereocenters. The van der Waals surface area contributed by atoms with E-state index in [2.05, 4.69) is 36.5 Å². The first-order chi connectivity index (χ1) is 12.8. The third-order valence-electron chi connectivity index (χ3n) is 3.68. The molecule has 142 valence electrons. The number of amides is 2. The second kappa shape index (κ2) is 7.95. The highest BCUT2D eigenvalue weighted by molar-refractivity contribution is 9.10. The van der Waals surface area contributed by atoms with Crippen molar-refractivity contribution in [3.05, 3.63) is 52.9 Å². The molecule has 6 nitrogen and oxygen atoms in total. The van der Waals surface area contributed by atoms with Crippen molar-refractivity contribution in [2.24, 2.45) is 0 Å². The van der Waals surface area contributed by atoms with E-state index in [0.717, 1.165) is 9.04 Å². The number of imidazole rings is 1. The van der Waals surface area contributed by atoms with E-state index in [9.17, 15) is 18.0 Å². The topological polar surface area (TPSA) is 71.8 Å². The van der Waals surface area contributed by atoms with E-state index in [1.54, 1.807) is 18.2 Å². The van der Waals surface area contributed by atoms with Crippen LogP contribution in [0.1, 0.15) is 12.2 Å². The molecule has 27 heavy (non-hydrogen) atoms. The first-order valence-electron chi connectivity index (χ1n) is 8.03. The second-order valence-electron chi connectivity index (χ2n) is 5.68. The number of pyridine rings is 1. The molecule has 0 radical (unpaired) electrons. The average Bonchev–Trinajstić information content (AvgIpc) is 2.98. The van der Waals surface area contributed by atoms with Gasteiger partial charge in [-0.15, -0.1) is 0 Å². The highest BCUT2D eigenvalue weighted by atomic mass is 79.9. The minimum atomic E-state index is -4.58. The number of halogens is 4. The number of carbonyl (C=O) groups is 1. The number of hydrogen-bond donors (Lipinski definition) is 2. The molecule has 0 atom stereocenters. The Morgan fingerprint density at radius 1 is 1.22 bits per heavy atom. The monoisotopic (exact) mass is 441 g/mol. The Morgan fingerprint density at radius 3 is 2.78 bits per heavy atom. The summed E-state index contributed by atoms with van der Waals surface area (Å²) in [7, 11) is 0. The van der Waals surface area contributed by atoms with Gasteiger partial charge in [0.05, 0.1) is 0 Å². The number of hydrogen-bond acceptors (Lipinski definition) is 3. The maximum absolute atomic E-state index is 13.2. The number of nitrogens with zero attached hydrogens (tertiary/aromatic N) is 3. The lowest BCUT2D eigenvalue weighted by molar-refractivity contribution is -0.147. The van der Waals surface area contributed by atoms with Crippen LogP contribution in [0.5, 0.6) is 0 Å². The summed E-state index contributed by atoms with van der Waals surface area (Å²) in [6.45, 7) is 0.225. The van der Waals surface area contributed by atoms with Crippen LogP contribution < -0.4 is 10.6 Å². The molecule has 10 heteroatoms. The Labute approximate surface area is 160 Å². The van der Waals surface area contributed by atoms with Crippen molar-refractivity contribution in [1.29, 1.82) is 0 Å². The molecular weight excluding hydrogens is 427 g/mol. The summed E-state index contributed by atoms with van der Waals surface area (Å²) in [4.78, 5) is 19.5. The van der Waals surface area contributed by atoms with Crippen LogP contribution in [0.4, 0.5) is 23.7 Å². The number of benzene rings is 1. The van der Waals surface area contributed by atoms with Gasteiger partial charge in [-0.25, -0.2) is 14.8 Å². The van der Waals surface area contributed by atoms with Crippen LogP contribution in [-0.2, 0) is 12.7 Å². The van der Waals surface area contributed by atoms with Crippen molar-refractivity contribution in [1.82, 2.24) is 19.9 Å². The zero-order chi connectivity index (χ0) is 19.4. The molecule has 0 aliphatic carbocycles. The van der Waals surface area contributed by atoms with Gasteiger partial charge in [-0.05, 0) is 36.8 Å². The summed E-state index contributed by atoms with van der Waals surface area (Å²) in [5, 5.41) is 5.27. The molecule has 0 aliphatic heterocycles. The lowest BCUT2D eigenvalue weighted by atomic mass is 10.3. The van der Waals surface area contributed by atoms with Crippen LogP contribution in [0, 0.1) is 0 Å². The predicted octanol–water partition coefficient (Wildman–Crippen LogP) is 4.42. The molecule has 0 spiro atoms. The number of alkyl halides is 3. The van der Waals surface area contributed by atoms with Gasteiger partial charge >= 0.3 is 12.2 Å². The number of urea groups is 1. The van der Waals surface area contributed by atoms with Gasteiger partial charge in [-0.2, -0.15) is 13.2 Å². The third-order valence-corrected chi connectivity index (χ3v) is 4.18. The summed E-state index contributed by atoms with van der Waals surface area (Å²) < 4.78 is 41.5. The molecule has 0 saturated carbocycles. The van der Waals surface area contributed by atoms with Gasteiger partial charge in [0.15, 0.2) is 5.65 Å². The average molecular weight is 442 g/mol. The number of aryl methyl sites for hydroxylation is 1. The highest BCUT2D eigenvalue weighted by Gasteiger charge is 2.37. The van der Waals surface area contributed by atoms with Crippen molar-refractivity contribution in [3.63, 3.8) is 0 Å². The molecule has 1 aromatic carbocycles. The van der Waals surface area contributed by atoms with Crippen molar-refractivity contribution in [3.8, 4) is 0 Å². The Bertz CT molecular complexity index is 957. The molecule has 2 aromatic heterocycles. The van der Waals surface area contributed by atoms with E-state index in [1.807, 2.05) is 6.07 Å². The fourth-order valence-electron chi connectivity index (χ4n) is 2.57. The first kappa shape index (κ1) is 19.2. The summed E-state index contributed by atoms with van der Waals surface area (Å²) in [6.07, 6.45) is -2.87. The lowest BCUT2D eigenvalue weighted by Crippen LogP contribution is -2.30. The highest BCUT2D eigenvalue weighted by Crippen LogP contribution is 2.30. The summed E-state index contributed by atoms with van der Waals surface area (Å²) >= 11 is 3.30. The van der Waals surface area contributed by atoms with Crippen LogP contribution in [0.2, 0.25) is 0 Å². The maximum Gasteiger partial charge on any atom is 0.449 e. The summed E-state index contributed by atoms with van der Waals surface area (Å²) in [5.74, 6) is -0.991. The van der Waals surface area contributed by atoms with Crippen molar-refractivity contribution >= 4 is 38.8 Å². The van der Waals surface area contributed by atoms with Gasteiger partial charge < -0.3 is 15.2 Å². The van der Waals surface area contributed by atoms with E-state index < -0.39 is 18.0 Å². The standard InChI is InChI=1S/C17H15BrF3N5O/c18-11-4-1-5-12(10-11)24-16(27)23-8-3-9-26-14-13(6-2-7-22-14)25-15(26)17(19,20)21/h1-2,4-7,10H,3,8-9H2,(H2,23,24,27). The van der Waals surface area contributed by atoms with Crippen molar-refractivity contribution < 1.29 is 18.0 Å². The van der Waals surface area contributed by atoms with Crippen LogP contribution in [0.25, 0.3) is 11.2 Å². The molecule has 0 saturated heterocycles. The van der Waals surface area contributed by atoms with Gasteiger partial charge in [0.2, 0.25) is 5.82 Å². The maximum atomic E-state index is 13.2. The van der Waals surface area contributed by atoms with Gasteiger partial charge in [0, 0.05) is 29.4 Å². The van der Waals surface area contributed by atoms with Crippen LogP contribution in [-0.4, -0.2) is 27.1 Å². The van der Waals surface area contributed by atoms with Gasteiger partial charge in [-0.1, -0.05) is 22.0 Å². The molecule has 2 heterocycles. The molecule has 2 N–H and O–H groups in total. The Morgan fingerprint density at radius 2 is 2.04 bits per heavy atom. The first-order valence-corrected chi connectivity index (χ1v) is 8.83. The van der Waals surface area contributed by atoms with E-state index in [0.29, 0.717) is 5.69 Å². The van der Waals surface area contributed by atoms with Crippen LogP contribution in [0.15, 0.2) is 47.1 Å². The lowest BCUT2D eigenvalue weighted by Gasteiger charge is -2.11. The van der Waals surface area contributed by atoms with Crippen molar-refractivity contribution in [2.45, 2.75) is 19.1 Å². The van der Waals surface area contributed by atoms with Gasteiger partial charge in [-0.3, -0.25) is 0 Å². The number of carbonyl (C=O) groups excluding carboxylic acids is 1. The van der Waals surface area contributed by atoms with Crippen LogP contribution >= 0.6 is 15.9 Å². The molecule has 0 fully saturated rings. The second-order valence-corrected chi connectivity index (χ2v) is 6.59. The summed E-state index contributed by atoms with van der Waals surface area (Å²) in [5.41, 5.74) is 0.958. The minimum absolute atomic E-state index is 0.0273. The van der Waals surface area contributed by atoms with Crippen LogP contribution in [0.3, 0.4) is 0 Å². The third kappa shape index (κ3) is 4.76. The van der Waals surface area contributed by atoms with E-state index >= 15 is 0 Å². The molecule has 3 rings (SSSR count). The molecule has 0 bridgehead atoms. The van der Waals surface area contributed by atoms with Crippen molar-refractivity contribution in [2.75, 3.05) is 11.9 Å². The number of nitrogens with one attached hydrogen (secondary N) is 2. The number of rotatable bonds is 5. The van der Waals surface area contributed by atoms with E-state index in [-0.39, 0.29) is 30.7 Å². The quantitative estimate of drug-likeness (QED) is 0.575. The van der Waals surface area contributed by atoms with Gasteiger partial charge in [0.1, 0.15) is 5.52 Å². The number of aromatic nitrogens is 3. The number of anilines is 1. The minimum Gasteiger partial charge on any atom is -0.338 e. The molecule has 2 amide bonds. The zero-order valence-corrected chi connectivity index (χ0v) is 15.5. The predicted molar refractivity (Wildman–Crippen MR) is 98.3 cm³/mol. The Balaban J connectivity index is 1.60. The Hall–Kier alpha value is -2.62. The number of fused-ring (bicyclic) bond motifs is 1. The van der Waals surface area contributed by atoms with E-state index in [4.69, 9.17) is 0 Å². The largest absolute Gasteiger partial charge is 0.449 e. The molecule has 3 aromatic rings. The van der Waals surface area contributed by atoms with Gasteiger partial charge in [0.25, 0.3) is 0 Å². The molecule has 0 aliphatic rings. The fourth-order valence-corrected chi connectivity index (χ4v) is 2.97. The van der Waals surface area contributed by atoms with E-state index in [1.165, 1.54) is 18.3 Å². The normalized spacial score (nSPS) is 11.6. The fraction of sp³-hybridized carbons (Fsp3) is 0.235. The SMILES string of the molecule is O=C(NCCCn1c(C(F)(F)F)nc2cccnc21)Nc1cccc(Br)c1.